The summed E-state index contributed by atoms with van der Waals surface area (Å²) in [7, 11) is 0. The minimum atomic E-state index is -0.656. The topological polar surface area (TPSA) is 127 Å². The molecule has 11 nitrogen and oxygen atoms in total. The molecule has 1 aliphatic carbocycles. The molecule has 12 heteroatoms. The molecule has 5 aromatic rings. The van der Waals surface area contributed by atoms with E-state index in [0.29, 0.717) is 37.1 Å². The van der Waals surface area contributed by atoms with Crippen LogP contribution in [-0.2, 0) is 19.5 Å². The number of likely N-dealkylation sites (tertiary alicyclic amines) is 1. The van der Waals surface area contributed by atoms with Gasteiger partial charge in [0.05, 0.1) is 23.9 Å². The van der Waals surface area contributed by atoms with Gasteiger partial charge in [0.15, 0.2) is 5.65 Å². The fraction of sp³-hybridized carbons (Fsp3) is 0.410. The average molecular weight is 692 g/mol. The molecule has 51 heavy (non-hydrogen) atoms. The summed E-state index contributed by atoms with van der Waals surface area (Å²) >= 11 is 0. The van der Waals surface area contributed by atoms with Crippen LogP contribution in [0.25, 0.3) is 27.8 Å². The Kier molecular flexibility index (Phi) is 9.12. The number of imidazole rings is 1. The Bertz CT molecular complexity index is 2180. The Balaban J connectivity index is 1.05. The number of fused-ring (bicyclic) bond motifs is 2. The van der Waals surface area contributed by atoms with Crippen LogP contribution in [-0.4, -0.2) is 64.8 Å². The second-order valence-corrected chi connectivity index (χ2v) is 14.2. The highest BCUT2D eigenvalue weighted by Gasteiger charge is 2.29. The highest BCUT2D eigenvalue weighted by Crippen LogP contribution is 2.29. The standard InChI is InChI=1S/C39H42FN7O4/c40-28-20-33-36(41-21-28)46(31-6-3-5-27(19-31)26-11-9-25(10-12-26)22-44-18-4-7-32(44)24-48)39(51)47(38(33)50)30-15-13-29(14-16-30)42-37(49)34-23-45-17-2-1-8-35(45)43-34/h3,5-6,9-12,19-21,23,29-30,32,48H,1-2,4,7-8,13-18,22,24H2,(H,42,49)/t29-,30+,32-/m0/s1. The monoisotopic (exact) mass is 691 g/mol. The first-order chi connectivity index (χ1) is 24.9. The van der Waals surface area contributed by atoms with Gasteiger partial charge in [0.1, 0.15) is 17.3 Å². The summed E-state index contributed by atoms with van der Waals surface area (Å²) in [4.78, 5) is 52.3. The number of aryl methyl sites for hydroxylation is 2. The molecule has 3 aromatic heterocycles. The Morgan fingerprint density at radius 2 is 1.76 bits per heavy atom. The summed E-state index contributed by atoms with van der Waals surface area (Å²) in [5, 5.41) is 12.9. The quantitative estimate of drug-likeness (QED) is 0.240. The Labute approximate surface area is 294 Å². The van der Waals surface area contributed by atoms with Gasteiger partial charge in [0.2, 0.25) is 0 Å². The van der Waals surface area contributed by atoms with Crippen LogP contribution in [0.5, 0.6) is 0 Å². The van der Waals surface area contributed by atoms with Crippen LogP contribution < -0.4 is 16.6 Å². The highest BCUT2D eigenvalue weighted by atomic mass is 19.1. The number of amides is 1. The maximum Gasteiger partial charge on any atom is 0.337 e. The highest BCUT2D eigenvalue weighted by molar-refractivity contribution is 5.92. The van der Waals surface area contributed by atoms with Gasteiger partial charge in [-0.25, -0.2) is 23.7 Å². The molecule has 3 aliphatic rings. The molecule has 264 valence electrons. The van der Waals surface area contributed by atoms with Crippen LogP contribution >= 0.6 is 0 Å². The van der Waals surface area contributed by atoms with Gasteiger partial charge >= 0.3 is 5.69 Å². The maximum absolute atomic E-state index is 14.5. The lowest BCUT2D eigenvalue weighted by molar-refractivity contribution is 0.0917. The molecule has 1 saturated heterocycles. The fourth-order valence-corrected chi connectivity index (χ4v) is 8.17. The molecule has 8 rings (SSSR count). The van der Waals surface area contributed by atoms with E-state index in [1.54, 1.807) is 6.07 Å². The Morgan fingerprint density at radius 1 is 0.941 bits per heavy atom. The second kappa shape index (κ2) is 14.0. The van der Waals surface area contributed by atoms with E-state index in [1.165, 1.54) is 9.13 Å². The molecule has 5 heterocycles. The van der Waals surface area contributed by atoms with E-state index in [2.05, 4.69) is 36.9 Å². The molecule has 2 N–H and O–H groups in total. The van der Waals surface area contributed by atoms with E-state index < -0.39 is 23.1 Å². The number of halogens is 1. The fourth-order valence-electron chi connectivity index (χ4n) is 8.17. The number of carbonyl (C=O) groups excluding carboxylic acids is 1. The zero-order chi connectivity index (χ0) is 35.1. The molecule has 1 saturated carbocycles. The summed E-state index contributed by atoms with van der Waals surface area (Å²) in [6.07, 6.45) is 10.1. The number of nitrogens with one attached hydrogen (secondary N) is 1. The zero-order valence-corrected chi connectivity index (χ0v) is 28.5. The first-order valence-electron chi connectivity index (χ1n) is 18.1. The van der Waals surface area contributed by atoms with E-state index in [1.807, 2.05) is 36.5 Å². The molecule has 0 radical (unpaired) electrons. The van der Waals surface area contributed by atoms with Gasteiger partial charge in [0, 0.05) is 43.8 Å². The molecule has 1 atom stereocenters. The Hall–Kier alpha value is -4.94. The van der Waals surface area contributed by atoms with Crippen LogP contribution in [0.15, 0.2) is 76.6 Å². The number of nitrogens with zero attached hydrogens (tertiary/aromatic N) is 6. The van der Waals surface area contributed by atoms with Crippen LogP contribution in [0.4, 0.5) is 4.39 Å². The first-order valence-corrected chi connectivity index (χ1v) is 18.1. The number of rotatable bonds is 8. The second-order valence-electron chi connectivity index (χ2n) is 14.2. The van der Waals surface area contributed by atoms with Crippen molar-refractivity contribution in [3.05, 3.63) is 111 Å². The molecule has 2 fully saturated rings. The lowest BCUT2D eigenvalue weighted by Crippen LogP contribution is -2.45. The molecule has 2 aliphatic heterocycles. The van der Waals surface area contributed by atoms with E-state index in [9.17, 15) is 23.9 Å². The third-order valence-electron chi connectivity index (χ3n) is 10.9. The molecule has 0 unspecified atom stereocenters. The van der Waals surface area contributed by atoms with Crippen molar-refractivity contribution in [2.45, 2.75) is 89.0 Å². The molecular formula is C39H42FN7O4. The van der Waals surface area contributed by atoms with Crippen molar-refractivity contribution >= 4 is 16.9 Å². The summed E-state index contributed by atoms with van der Waals surface area (Å²) in [5.41, 5.74) is 2.94. The van der Waals surface area contributed by atoms with Gasteiger partial charge < -0.3 is 15.0 Å². The van der Waals surface area contributed by atoms with Gasteiger partial charge in [-0.3, -0.25) is 19.1 Å². The number of hydrogen-bond acceptors (Lipinski definition) is 7. The van der Waals surface area contributed by atoms with Crippen LogP contribution in [0.1, 0.15) is 79.3 Å². The maximum atomic E-state index is 14.5. The molecule has 0 bridgehead atoms. The average Bonchev–Trinajstić information content (AvgIpc) is 3.80. The van der Waals surface area contributed by atoms with Gasteiger partial charge in [-0.15, -0.1) is 0 Å². The summed E-state index contributed by atoms with van der Waals surface area (Å²) < 4.78 is 19.3. The Morgan fingerprint density at radius 3 is 2.55 bits per heavy atom. The van der Waals surface area contributed by atoms with Gasteiger partial charge in [0.25, 0.3) is 11.5 Å². The lowest BCUT2D eigenvalue weighted by Gasteiger charge is -2.30. The minimum absolute atomic E-state index is 0.0339. The van der Waals surface area contributed by atoms with Gasteiger partial charge in [-0.1, -0.05) is 36.4 Å². The number of carbonyl (C=O) groups is 1. The van der Waals surface area contributed by atoms with Crippen molar-refractivity contribution in [2.24, 2.45) is 0 Å². The predicted molar refractivity (Wildman–Crippen MR) is 191 cm³/mol. The largest absolute Gasteiger partial charge is 0.395 e. The first kappa shape index (κ1) is 33.2. The van der Waals surface area contributed by atoms with E-state index in [0.717, 1.165) is 86.5 Å². The van der Waals surface area contributed by atoms with E-state index >= 15 is 0 Å². The van der Waals surface area contributed by atoms with E-state index in [4.69, 9.17) is 0 Å². The van der Waals surface area contributed by atoms with Crippen molar-refractivity contribution < 1.29 is 14.3 Å². The number of aliphatic hydroxyl groups excluding tert-OH is 1. The third-order valence-corrected chi connectivity index (χ3v) is 10.9. The number of pyridine rings is 1. The van der Waals surface area contributed by atoms with Gasteiger partial charge in [-0.05, 0) is 92.8 Å². The number of benzene rings is 2. The smallest absolute Gasteiger partial charge is 0.337 e. The van der Waals surface area contributed by atoms with Crippen LogP contribution in [0.2, 0.25) is 0 Å². The molecule has 2 aromatic carbocycles. The van der Waals surface area contributed by atoms with Crippen LogP contribution in [0.3, 0.4) is 0 Å². The summed E-state index contributed by atoms with van der Waals surface area (Å²) in [6.45, 7) is 2.80. The van der Waals surface area contributed by atoms with Crippen molar-refractivity contribution in [1.82, 2.24) is 33.9 Å². The zero-order valence-electron chi connectivity index (χ0n) is 28.5. The number of aromatic nitrogens is 5. The molecular weight excluding hydrogens is 649 g/mol. The SMILES string of the molecule is O=C(N[C@H]1CC[C@@H](n2c(=O)c3cc(F)cnc3n(-c3cccc(-c4ccc(CN5CCC[C@H]5CO)cc4)c3)c2=O)CC1)c1cn2c(n1)CCCC2. The number of aliphatic hydroxyl groups is 1. The predicted octanol–water partition coefficient (Wildman–Crippen LogP) is 4.76. The van der Waals surface area contributed by atoms with Crippen molar-refractivity contribution in [3.8, 4) is 16.8 Å². The molecule has 0 spiro atoms. The number of hydrogen-bond donors (Lipinski definition) is 2. The van der Waals surface area contributed by atoms with E-state index in [-0.39, 0.29) is 35.6 Å². The lowest BCUT2D eigenvalue weighted by atomic mass is 9.90. The van der Waals surface area contributed by atoms with Gasteiger partial charge in [-0.2, -0.15) is 0 Å². The van der Waals surface area contributed by atoms with Crippen molar-refractivity contribution in [3.63, 3.8) is 0 Å². The van der Waals surface area contributed by atoms with Crippen molar-refractivity contribution in [2.75, 3.05) is 13.2 Å². The third kappa shape index (κ3) is 6.54. The van der Waals surface area contributed by atoms with Crippen molar-refractivity contribution in [1.29, 1.82) is 0 Å². The normalized spacial score (nSPS) is 20.8. The minimum Gasteiger partial charge on any atom is -0.395 e. The summed E-state index contributed by atoms with van der Waals surface area (Å²) in [5.74, 6) is 0.0855. The van der Waals surface area contributed by atoms with Crippen LogP contribution in [0, 0.1) is 5.82 Å². The summed E-state index contributed by atoms with van der Waals surface area (Å²) in [6, 6.07) is 16.6. The molecule has 1 amide bonds.